The lowest BCUT2D eigenvalue weighted by Crippen LogP contribution is -2.37. The monoisotopic (exact) mass is 269 g/mol. The normalized spacial score (nSPS) is 27.8. The first kappa shape index (κ1) is 17.0. The van der Waals surface area contributed by atoms with Gasteiger partial charge in [0.25, 0.3) is 0 Å². The van der Waals surface area contributed by atoms with Gasteiger partial charge < -0.3 is 10.5 Å². The maximum absolute atomic E-state index is 6.35. The molecule has 2 atom stereocenters. The number of rotatable bonds is 4. The first-order chi connectivity index (χ1) is 9.20. The van der Waals surface area contributed by atoms with Gasteiger partial charge in [-0.05, 0) is 25.2 Å². The van der Waals surface area contributed by atoms with Gasteiger partial charge in [0.05, 0.1) is 6.10 Å². The topological polar surface area (TPSA) is 35.2 Å². The van der Waals surface area contributed by atoms with Gasteiger partial charge in [-0.25, -0.2) is 0 Å². The van der Waals surface area contributed by atoms with Gasteiger partial charge in [-0.3, -0.25) is 0 Å². The van der Waals surface area contributed by atoms with Gasteiger partial charge in [0.15, 0.2) is 0 Å². The molecule has 2 N–H and O–H groups in total. The van der Waals surface area contributed by atoms with Gasteiger partial charge in [0.2, 0.25) is 0 Å². The summed E-state index contributed by atoms with van der Waals surface area (Å²) in [6, 6.07) is 0.256. The Bertz CT molecular complexity index is 205. The Kier molecular flexibility index (Phi) is 9.54. The van der Waals surface area contributed by atoms with E-state index in [9.17, 15) is 0 Å². The second-order valence-electron chi connectivity index (χ2n) is 6.66. The van der Waals surface area contributed by atoms with E-state index in [-0.39, 0.29) is 6.04 Å². The highest BCUT2D eigenvalue weighted by atomic mass is 16.5. The molecule has 2 nitrogen and oxygen atoms in total. The third kappa shape index (κ3) is 8.65. The Labute approximate surface area is 120 Å². The van der Waals surface area contributed by atoms with E-state index in [0.29, 0.717) is 6.10 Å². The van der Waals surface area contributed by atoms with E-state index in [1.165, 1.54) is 57.8 Å². The zero-order valence-corrected chi connectivity index (χ0v) is 13.2. The molecule has 19 heavy (non-hydrogen) atoms. The smallest absolute Gasteiger partial charge is 0.0725 e. The number of nitrogens with two attached hydrogens (primary N) is 1. The van der Waals surface area contributed by atoms with E-state index in [2.05, 4.69) is 13.8 Å². The van der Waals surface area contributed by atoms with Crippen molar-refractivity contribution in [2.45, 2.75) is 96.6 Å². The van der Waals surface area contributed by atoms with Crippen molar-refractivity contribution in [2.75, 3.05) is 6.61 Å². The highest BCUT2D eigenvalue weighted by Gasteiger charge is 2.18. The van der Waals surface area contributed by atoms with E-state index >= 15 is 0 Å². The van der Waals surface area contributed by atoms with E-state index in [1.807, 2.05) is 0 Å². The van der Waals surface area contributed by atoms with Gasteiger partial charge in [0, 0.05) is 12.6 Å². The molecular formula is C17H35NO. The summed E-state index contributed by atoms with van der Waals surface area (Å²) in [6.45, 7) is 5.39. The Morgan fingerprint density at radius 3 is 2.00 bits per heavy atom. The summed E-state index contributed by atoms with van der Waals surface area (Å²) in [5.74, 6) is 0.725. The molecule has 0 amide bonds. The molecule has 0 aromatic rings. The predicted molar refractivity (Wildman–Crippen MR) is 83.3 cm³/mol. The van der Waals surface area contributed by atoms with Gasteiger partial charge in [-0.2, -0.15) is 0 Å². The van der Waals surface area contributed by atoms with Crippen LogP contribution in [0.5, 0.6) is 0 Å². The largest absolute Gasteiger partial charge is 0.377 e. The van der Waals surface area contributed by atoms with Crippen molar-refractivity contribution < 1.29 is 4.74 Å². The van der Waals surface area contributed by atoms with Crippen LogP contribution in [0.4, 0.5) is 0 Å². The molecule has 0 spiro atoms. The summed E-state index contributed by atoms with van der Waals surface area (Å²) in [5.41, 5.74) is 6.35. The second kappa shape index (κ2) is 10.7. The molecule has 0 bridgehead atoms. The minimum atomic E-state index is 0.256. The molecule has 0 aromatic heterocycles. The first-order valence-corrected chi connectivity index (χ1v) is 8.57. The van der Waals surface area contributed by atoms with Crippen LogP contribution in [0, 0.1) is 5.92 Å². The van der Waals surface area contributed by atoms with E-state index in [1.54, 1.807) is 0 Å². The predicted octanol–water partition coefficient (Wildman–Crippen LogP) is 4.66. The van der Waals surface area contributed by atoms with E-state index in [0.717, 1.165) is 25.4 Å². The van der Waals surface area contributed by atoms with Crippen molar-refractivity contribution >= 4 is 0 Å². The first-order valence-electron chi connectivity index (χ1n) is 8.57. The van der Waals surface area contributed by atoms with Gasteiger partial charge in [-0.1, -0.05) is 65.2 Å². The van der Waals surface area contributed by atoms with Crippen molar-refractivity contribution in [3.8, 4) is 0 Å². The lowest BCUT2D eigenvalue weighted by Gasteiger charge is -2.25. The molecule has 1 aliphatic carbocycles. The molecule has 0 heterocycles. The van der Waals surface area contributed by atoms with Crippen molar-refractivity contribution in [3.63, 3.8) is 0 Å². The van der Waals surface area contributed by atoms with Crippen molar-refractivity contribution in [2.24, 2.45) is 11.7 Å². The van der Waals surface area contributed by atoms with Crippen molar-refractivity contribution in [1.29, 1.82) is 0 Å². The van der Waals surface area contributed by atoms with Gasteiger partial charge in [-0.15, -0.1) is 0 Å². The molecular weight excluding hydrogens is 234 g/mol. The molecule has 1 saturated carbocycles. The highest BCUT2D eigenvalue weighted by molar-refractivity contribution is 4.74. The number of hydrogen-bond donors (Lipinski definition) is 1. The average molecular weight is 269 g/mol. The minimum absolute atomic E-state index is 0.256. The molecule has 0 radical (unpaired) electrons. The van der Waals surface area contributed by atoms with E-state index < -0.39 is 0 Å². The summed E-state index contributed by atoms with van der Waals surface area (Å²) in [7, 11) is 0. The van der Waals surface area contributed by atoms with Crippen LogP contribution in [-0.4, -0.2) is 18.8 Å². The maximum Gasteiger partial charge on any atom is 0.0725 e. The Morgan fingerprint density at radius 1 is 0.895 bits per heavy atom. The van der Waals surface area contributed by atoms with Gasteiger partial charge >= 0.3 is 0 Å². The second-order valence-corrected chi connectivity index (χ2v) is 6.66. The third-order valence-electron chi connectivity index (χ3n) is 4.28. The quantitative estimate of drug-likeness (QED) is 0.805. The summed E-state index contributed by atoms with van der Waals surface area (Å²) in [6.07, 6.45) is 14.7. The molecule has 2 heteroatoms. The summed E-state index contributed by atoms with van der Waals surface area (Å²) >= 11 is 0. The molecule has 1 aliphatic rings. The standard InChI is InChI=1S/C17H35NO/c1-15(2)13-14-19-17-12-10-8-6-4-3-5-7-9-11-16(17)18/h15-17H,3-14,18H2,1-2H3. The number of hydrogen-bond acceptors (Lipinski definition) is 2. The maximum atomic E-state index is 6.35. The highest BCUT2D eigenvalue weighted by Crippen LogP contribution is 2.18. The zero-order chi connectivity index (χ0) is 13.9. The van der Waals surface area contributed by atoms with Crippen LogP contribution in [0.3, 0.4) is 0 Å². The Balaban J connectivity index is 2.33. The molecule has 2 unspecified atom stereocenters. The van der Waals surface area contributed by atoms with Crippen LogP contribution >= 0.6 is 0 Å². The molecule has 114 valence electrons. The Hall–Kier alpha value is -0.0800. The minimum Gasteiger partial charge on any atom is -0.377 e. The van der Waals surface area contributed by atoms with Crippen molar-refractivity contribution in [3.05, 3.63) is 0 Å². The Morgan fingerprint density at radius 2 is 1.42 bits per heavy atom. The van der Waals surface area contributed by atoms with E-state index in [4.69, 9.17) is 10.5 Å². The fraction of sp³-hybridized carbons (Fsp3) is 1.00. The molecule has 0 aromatic carbocycles. The van der Waals surface area contributed by atoms with Crippen LogP contribution in [0.15, 0.2) is 0 Å². The summed E-state index contributed by atoms with van der Waals surface area (Å²) in [4.78, 5) is 0. The lowest BCUT2D eigenvalue weighted by molar-refractivity contribution is 0.0201. The fourth-order valence-electron chi connectivity index (χ4n) is 2.85. The van der Waals surface area contributed by atoms with Crippen LogP contribution in [0.25, 0.3) is 0 Å². The fourth-order valence-corrected chi connectivity index (χ4v) is 2.85. The summed E-state index contributed by atoms with van der Waals surface area (Å²) < 4.78 is 6.09. The molecule has 1 fully saturated rings. The molecule has 1 rings (SSSR count). The van der Waals surface area contributed by atoms with Crippen molar-refractivity contribution in [1.82, 2.24) is 0 Å². The lowest BCUT2D eigenvalue weighted by atomic mass is 9.96. The molecule has 0 aliphatic heterocycles. The van der Waals surface area contributed by atoms with Crippen LogP contribution in [-0.2, 0) is 4.74 Å². The summed E-state index contributed by atoms with van der Waals surface area (Å²) in [5, 5.41) is 0. The average Bonchev–Trinajstić information content (AvgIpc) is 2.36. The third-order valence-corrected chi connectivity index (χ3v) is 4.28. The van der Waals surface area contributed by atoms with Gasteiger partial charge in [0.1, 0.15) is 0 Å². The zero-order valence-electron chi connectivity index (χ0n) is 13.2. The van der Waals surface area contributed by atoms with Crippen LogP contribution in [0.2, 0.25) is 0 Å². The van der Waals surface area contributed by atoms with Crippen LogP contribution in [0.1, 0.15) is 84.5 Å². The van der Waals surface area contributed by atoms with Crippen LogP contribution < -0.4 is 5.73 Å². The SMILES string of the molecule is CC(C)CCOC1CCCCCCCCCCC1N. The molecule has 0 saturated heterocycles. The number of ether oxygens (including phenoxy) is 1.